The van der Waals surface area contributed by atoms with Crippen LogP contribution in [0.15, 0.2) is 36.7 Å². The average molecular weight is 255 g/mol. The Balaban J connectivity index is 1.85. The SMILES string of the molecule is CNCC1CCCN1Cc1cncc2ccccc12. The maximum Gasteiger partial charge on any atom is 0.0346 e. The van der Waals surface area contributed by atoms with Gasteiger partial charge in [-0.3, -0.25) is 9.88 Å². The third kappa shape index (κ3) is 2.62. The van der Waals surface area contributed by atoms with Gasteiger partial charge in [0.15, 0.2) is 0 Å². The Labute approximate surface area is 114 Å². The van der Waals surface area contributed by atoms with E-state index in [9.17, 15) is 0 Å². The first-order chi connectivity index (χ1) is 9.38. The maximum absolute atomic E-state index is 4.38. The Kier molecular flexibility index (Phi) is 3.76. The number of nitrogens with one attached hydrogen (secondary N) is 1. The molecular weight excluding hydrogens is 234 g/mol. The van der Waals surface area contributed by atoms with Crippen LogP contribution in [0, 0.1) is 0 Å². The third-order valence-electron chi connectivity index (χ3n) is 4.06. The first-order valence-electron chi connectivity index (χ1n) is 7.09. The molecule has 1 N–H and O–H groups in total. The second-order valence-corrected chi connectivity index (χ2v) is 5.34. The van der Waals surface area contributed by atoms with Crippen LogP contribution in [0.4, 0.5) is 0 Å². The zero-order valence-corrected chi connectivity index (χ0v) is 11.5. The molecule has 1 aromatic carbocycles. The minimum absolute atomic E-state index is 0.670. The molecule has 3 heteroatoms. The van der Waals surface area contributed by atoms with Crippen molar-refractivity contribution in [2.24, 2.45) is 0 Å². The van der Waals surface area contributed by atoms with Gasteiger partial charge in [0.2, 0.25) is 0 Å². The maximum atomic E-state index is 4.38. The highest BCUT2D eigenvalue weighted by Crippen LogP contribution is 2.23. The van der Waals surface area contributed by atoms with Crippen molar-refractivity contribution in [2.45, 2.75) is 25.4 Å². The standard InChI is InChI=1S/C16H21N3/c1-17-11-15-6-4-8-19(15)12-14-10-18-9-13-5-2-3-7-16(13)14/h2-3,5,7,9-10,15,17H,4,6,8,11-12H2,1H3. The molecule has 1 unspecified atom stereocenters. The number of pyridine rings is 1. The predicted octanol–water partition coefficient (Wildman–Crippen LogP) is 2.42. The number of hydrogen-bond acceptors (Lipinski definition) is 3. The molecule has 1 fully saturated rings. The fourth-order valence-electron chi connectivity index (χ4n) is 3.09. The Hall–Kier alpha value is -1.45. The molecular formula is C16H21N3. The number of likely N-dealkylation sites (N-methyl/N-ethyl adjacent to an activating group) is 1. The topological polar surface area (TPSA) is 28.2 Å². The highest BCUT2D eigenvalue weighted by atomic mass is 15.2. The Bertz CT molecular complexity index is 547. The van der Waals surface area contributed by atoms with Crippen molar-refractivity contribution in [3.63, 3.8) is 0 Å². The Morgan fingerprint density at radius 1 is 1.32 bits per heavy atom. The number of hydrogen-bond donors (Lipinski definition) is 1. The number of aromatic nitrogens is 1. The van der Waals surface area contributed by atoms with E-state index >= 15 is 0 Å². The van der Waals surface area contributed by atoms with Crippen LogP contribution in [-0.2, 0) is 6.54 Å². The molecule has 19 heavy (non-hydrogen) atoms. The number of likely N-dealkylation sites (tertiary alicyclic amines) is 1. The first-order valence-corrected chi connectivity index (χ1v) is 7.09. The van der Waals surface area contributed by atoms with Gasteiger partial charge in [0.1, 0.15) is 0 Å². The highest BCUT2D eigenvalue weighted by molar-refractivity contribution is 5.84. The van der Waals surface area contributed by atoms with Crippen molar-refractivity contribution in [2.75, 3.05) is 20.1 Å². The summed E-state index contributed by atoms with van der Waals surface area (Å²) in [6, 6.07) is 9.20. The molecule has 1 aromatic heterocycles. The summed E-state index contributed by atoms with van der Waals surface area (Å²) in [6.45, 7) is 3.30. The lowest BCUT2D eigenvalue weighted by molar-refractivity contribution is 0.243. The molecule has 0 amide bonds. The first kappa shape index (κ1) is 12.6. The summed E-state index contributed by atoms with van der Waals surface area (Å²) < 4.78 is 0. The largest absolute Gasteiger partial charge is 0.318 e. The fraction of sp³-hybridized carbons (Fsp3) is 0.438. The van der Waals surface area contributed by atoms with Crippen molar-refractivity contribution >= 4 is 10.8 Å². The minimum Gasteiger partial charge on any atom is -0.318 e. The molecule has 1 aliphatic rings. The molecule has 1 saturated heterocycles. The third-order valence-corrected chi connectivity index (χ3v) is 4.06. The molecule has 3 rings (SSSR count). The van der Waals surface area contributed by atoms with Crippen LogP contribution < -0.4 is 5.32 Å². The van der Waals surface area contributed by atoms with E-state index in [1.807, 2.05) is 19.4 Å². The quantitative estimate of drug-likeness (QED) is 0.909. The molecule has 0 radical (unpaired) electrons. The van der Waals surface area contributed by atoms with Gasteiger partial charge in [0.05, 0.1) is 0 Å². The van der Waals surface area contributed by atoms with Gasteiger partial charge in [-0.05, 0) is 37.4 Å². The van der Waals surface area contributed by atoms with E-state index in [4.69, 9.17) is 0 Å². The van der Waals surface area contributed by atoms with Crippen LogP contribution in [0.3, 0.4) is 0 Å². The molecule has 1 aliphatic heterocycles. The van der Waals surface area contributed by atoms with Crippen molar-refractivity contribution in [3.05, 3.63) is 42.2 Å². The number of fused-ring (bicyclic) bond motifs is 1. The van der Waals surface area contributed by atoms with Crippen LogP contribution in [0.25, 0.3) is 10.8 Å². The molecule has 100 valence electrons. The van der Waals surface area contributed by atoms with Gasteiger partial charge in [-0.25, -0.2) is 0 Å². The van der Waals surface area contributed by atoms with E-state index < -0.39 is 0 Å². The van der Waals surface area contributed by atoms with Crippen molar-refractivity contribution in [1.29, 1.82) is 0 Å². The van der Waals surface area contributed by atoms with Gasteiger partial charge >= 0.3 is 0 Å². The van der Waals surface area contributed by atoms with Gasteiger partial charge in [0, 0.05) is 36.9 Å². The van der Waals surface area contributed by atoms with E-state index in [2.05, 4.69) is 39.5 Å². The van der Waals surface area contributed by atoms with Crippen LogP contribution in [0.1, 0.15) is 18.4 Å². The monoisotopic (exact) mass is 255 g/mol. The van der Waals surface area contributed by atoms with Crippen molar-refractivity contribution < 1.29 is 0 Å². The molecule has 3 nitrogen and oxygen atoms in total. The molecule has 0 spiro atoms. The number of rotatable bonds is 4. The molecule has 0 aliphatic carbocycles. The van der Waals surface area contributed by atoms with E-state index in [0.29, 0.717) is 6.04 Å². The minimum atomic E-state index is 0.670. The molecule has 1 atom stereocenters. The summed E-state index contributed by atoms with van der Waals surface area (Å²) in [5.41, 5.74) is 1.35. The summed E-state index contributed by atoms with van der Waals surface area (Å²) >= 11 is 0. The normalized spacial score (nSPS) is 20.2. The lowest BCUT2D eigenvalue weighted by Crippen LogP contribution is -2.36. The van der Waals surface area contributed by atoms with Crippen LogP contribution in [0.5, 0.6) is 0 Å². The summed E-state index contributed by atoms with van der Waals surface area (Å²) in [5, 5.41) is 5.89. The van der Waals surface area contributed by atoms with E-state index in [1.165, 1.54) is 35.7 Å². The lowest BCUT2D eigenvalue weighted by atomic mass is 10.1. The van der Waals surface area contributed by atoms with Crippen LogP contribution in [0.2, 0.25) is 0 Å². The summed E-state index contributed by atoms with van der Waals surface area (Å²) in [5.74, 6) is 0. The van der Waals surface area contributed by atoms with Gasteiger partial charge in [0.25, 0.3) is 0 Å². The predicted molar refractivity (Wildman–Crippen MR) is 79.1 cm³/mol. The van der Waals surface area contributed by atoms with Gasteiger partial charge in [-0.15, -0.1) is 0 Å². The zero-order chi connectivity index (χ0) is 13.1. The zero-order valence-electron chi connectivity index (χ0n) is 11.5. The number of nitrogens with zero attached hydrogens (tertiary/aromatic N) is 2. The van der Waals surface area contributed by atoms with Crippen LogP contribution in [-0.4, -0.2) is 36.1 Å². The van der Waals surface area contributed by atoms with Crippen molar-refractivity contribution in [3.8, 4) is 0 Å². The van der Waals surface area contributed by atoms with Crippen LogP contribution >= 0.6 is 0 Å². The van der Waals surface area contributed by atoms with Gasteiger partial charge < -0.3 is 5.32 Å². The van der Waals surface area contributed by atoms with E-state index in [0.717, 1.165) is 13.1 Å². The Morgan fingerprint density at radius 2 is 2.21 bits per heavy atom. The Morgan fingerprint density at radius 3 is 3.11 bits per heavy atom. The van der Waals surface area contributed by atoms with Gasteiger partial charge in [-0.2, -0.15) is 0 Å². The second-order valence-electron chi connectivity index (χ2n) is 5.34. The molecule has 2 heterocycles. The highest BCUT2D eigenvalue weighted by Gasteiger charge is 2.24. The summed E-state index contributed by atoms with van der Waals surface area (Å²) in [6.07, 6.45) is 6.59. The van der Waals surface area contributed by atoms with E-state index in [-0.39, 0.29) is 0 Å². The smallest absolute Gasteiger partial charge is 0.0346 e. The summed E-state index contributed by atoms with van der Waals surface area (Å²) in [7, 11) is 2.04. The molecule has 2 aromatic rings. The second kappa shape index (κ2) is 5.68. The fourth-order valence-corrected chi connectivity index (χ4v) is 3.09. The van der Waals surface area contributed by atoms with E-state index in [1.54, 1.807) is 0 Å². The molecule has 0 bridgehead atoms. The lowest BCUT2D eigenvalue weighted by Gasteiger charge is -2.24. The average Bonchev–Trinajstić information content (AvgIpc) is 2.87. The van der Waals surface area contributed by atoms with Crippen molar-refractivity contribution in [1.82, 2.24) is 15.2 Å². The van der Waals surface area contributed by atoms with Gasteiger partial charge in [-0.1, -0.05) is 24.3 Å². The number of benzene rings is 1. The molecule has 0 saturated carbocycles. The summed E-state index contributed by atoms with van der Waals surface area (Å²) in [4.78, 5) is 6.97.